The van der Waals surface area contributed by atoms with E-state index in [1.807, 2.05) is 72.0 Å². The Bertz CT molecular complexity index is 1160. The molecule has 5 heteroatoms. The molecule has 0 bridgehead atoms. The minimum atomic E-state index is -0.394. The highest BCUT2D eigenvalue weighted by Crippen LogP contribution is 2.31. The second-order valence-electron chi connectivity index (χ2n) is 8.47. The van der Waals surface area contributed by atoms with Gasteiger partial charge in [0.2, 0.25) is 5.91 Å². The van der Waals surface area contributed by atoms with Crippen LogP contribution in [-0.2, 0) is 4.79 Å². The summed E-state index contributed by atoms with van der Waals surface area (Å²) in [5, 5.41) is 0.632. The van der Waals surface area contributed by atoms with E-state index in [9.17, 15) is 9.59 Å². The van der Waals surface area contributed by atoms with Crippen molar-refractivity contribution in [3.63, 3.8) is 0 Å². The molecule has 31 heavy (non-hydrogen) atoms. The number of amides is 1. The van der Waals surface area contributed by atoms with Crippen LogP contribution in [0.3, 0.4) is 0 Å². The number of benzene rings is 2. The van der Waals surface area contributed by atoms with Gasteiger partial charge < -0.3 is 14.2 Å². The smallest absolute Gasteiger partial charge is 0.245 e. The second-order valence-corrected chi connectivity index (χ2v) is 8.47. The lowest BCUT2D eigenvalue weighted by Crippen LogP contribution is -2.38. The zero-order valence-corrected chi connectivity index (χ0v) is 18.7. The minimum absolute atomic E-state index is 0.0244. The van der Waals surface area contributed by atoms with Crippen LogP contribution < -0.4 is 10.2 Å². The van der Waals surface area contributed by atoms with Crippen molar-refractivity contribution >= 4 is 16.8 Å². The highest BCUT2D eigenvalue weighted by molar-refractivity contribution is 5.88. The number of carbonyl (C=O) groups is 1. The van der Waals surface area contributed by atoms with Gasteiger partial charge in [-0.1, -0.05) is 25.1 Å². The summed E-state index contributed by atoms with van der Waals surface area (Å²) >= 11 is 0. The number of nitrogens with zero attached hydrogens (tertiary/aromatic N) is 2. The van der Waals surface area contributed by atoms with E-state index in [2.05, 4.69) is 6.92 Å². The summed E-state index contributed by atoms with van der Waals surface area (Å²) in [5.41, 5.74) is 3.24. The van der Waals surface area contributed by atoms with Crippen molar-refractivity contribution in [2.24, 2.45) is 0 Å². The molecule has 1 atom stereocenters. The maximum absolute atomic E-state index is 13.5. The van der Waals surface area contributed by atoms with E-state index < -0.39 is 6.04 Å². The third kappa shape index (κ3) is 4.09. The molecule has 0 saturated heterocycles. The minimum Gasteiger partial charge on any atom is -0.497 e. The molecule has 1 fully saturated rings. The lowest BCUT2D eigenvalue weighted by molar-refractivity contribution is -0.134. The number of pyridine rings is 1. The van der Waals surface area contributed by atoms with Crippen LogP contribution in [0.4, 0.5) is 0 Å². The normalized spacial score (nSPS) is 14.5. The van der Waals surface area contributed by atoms with Crippen LogP contribution in [0.5, 0.6) is 5.75 Å². The van der Waals surface area contributed by atoms with Crippen molar-refractivity contribution in [3.05, 3.63) is 64.4 Å². The average molecular weight is 419 g/mol. The van der Waals surface area contributed by atoms with Crippen molar-refractivity contribution in [3.8, 4) is 16.9 Å². The maximum Gasteiger partial charge on any atom is 0.245 e. The standard InChI is InChI=1S/C26H30N2O3/c1-5-14-27(20-9-10-20)26(30)18(3)28-16-23(19-7-11-21(31-4)12-8-19)25(29)22-13-6-17(2)15-24(22)28/h6-8,11-13,15-16,18,20H,5,9-10,14H2,1-4H3. The molecule has 1 saturated carbocycles. The summed E-state index contributed by atoms with van der Waals surface area (Å²) < 4.78 is 7.24. The third-order valence-corrected chi connectivity index (χ3v) is 6.10. The van der Waals surface area contributed by atoms with Gasteiger partial charge in [0.25, 0.3) is 0 Å². The fourth-order valence-corrected chi connectivity index (χ4v) is 4.22. The maximum atomic E-state index is 13.5. The number of hydrogen-bond donors (Lipinski definition) is 0. The van der Waals surface area contributed by atoms with Gasteiger partial charge in [0, 0.05) is 29.7 Å². The molecule has 1 aliphatic rings. The Hall–Kier alpha value is -3.08. The van der Waals surface area contributed by atoms with E-state index in [4.69, 9.17) is 4.74 Å². The van der Waals surface area contributed by atoms with Crippen LogP contribution in [0.15, 0.2) is 53.5 Å². The Morgan fingerprint density at radius 3 is 2.52 bits per heavy atom. The van der Waals surface area contributed by atoms with Gasteiger partial charge in [-0.25, -0.2) is 0 Å². The monoisotopic (exact) mass is 418 g/mol. The quantitative estimate of drug-likeness (QED) is 0.546. The van der Waals surface area contributed by atoms with Crippen LogP contribution in [0.1, 0.15) is 44.7 Å². The first-order valence-electron chi connectivity index (χ1n) is 11.0. The Kier molecular flexibility index (Phi) is 5.86. The summed E-state index contributed by atoms with van der Waals surface area (Å²) in [6, 6.07) is 13.3. The number of methoxy groups -OCH3 is 1. The Labute approximate surface area is 183 Å². The predicted octanol–water partition coefficient (Wildman–Crippen LogP) is 4.95. The van der Waals surface area contributed by atoms with Gasteiger partial charge in [-0.05, 0) is 68.5 Å². The van der Waals surface area contributed by atoms with Gasteiger partial charge in [0.15, 0.2) is 5.43 Å². The zero-order valence-electron chi connectivity index (χ0n) is 18.7. The van der Waals surface area contributed by atoms with Crippen LogP contribution in [0, 0.1) is 6.92 Å². The first-order chi connectivity index (χ1) is 14.9. The number of fused-ring (bicyclic) bond motifs is 1. The first-order valence-corrected chi connectivity index (χ1v) is 11.0. The van der Waals surface area contributed by atoms with Crippen LogP contribution in [0.25, 0.3) is 22.0 Å². The number of ether oxygens (including phenoxy) is 1. The van der Waals surface area contributed by atoms with Gasteiger partial charge in [0.1, 0.15) is 11.8 Å². The fraction of sp³-hybridized carbons (Fsp3) is 0.385. The molecule has 162 valence electrons. The van der Waals surface area contributed by atoms with Crippen LogP contribution in [0.2, 0.25) is 0 Å². The van der Waals surface area contributed by atoms with Gasteiger partial charge in [-0.3, -0.25) is 9.59 Å². The molecule has 1 amide bonds. The summed E-state index contributed by atoms with van der Waals surface area (Å²) in [6.45, 7) is 6.83. The lowest BCUT2D eigenvalue weighted by atomic mass is 10.0. The zero-order chi connectivity index (χ0) is 22.1. The largest absolute Gasteiger partial charge is 0.497 e. The summed E-state index contributed by atoms with van der Waals surface area (Å²) in [7, 11) is 1.62. The molecule has 1 aromatic heterocycles. The molecule has 1 aliphatic carbocycles. The summed E-state index contributed by atoms with van der Waals surface area (Å²) in [4.78, 5) is 28.8. The highest BCUT2D eigenvalue weighted by Gasteiger charge is 2.34. The predicted molar refractivity (Wildman–Crippen MR) is 125 cm³/mol. The number of rotatable bonds is 7. The molecule has 1 heterocycles. The van der Waals surface area contributed by atoms with E-state index in [1.165, 1.54) is 0 Å². The number of aryl methyl sites for hydroxylation is 1. The molecule has 0 N–H and O–H groups in total. The van der Waals surface area contributed by atoms with E-state index in [-0.39, 0.29) is 11.3 Å². The average Bonchev–Trinajstić information content (AvgIpc) is 3.62. The van der Waals surface area contributed by atoms with E-state index in [0.717, 1.165) is 48.2 Å². The van der Waals surface area contributed by atoms with Crippen molar-refractivity contribution in [1.82, 2.24) is 9.47 Å². The highest BCUT2D eigenvalue weighted by atomic mass is 16.5. The number of carbonyl (C=O) groups excluding carboxylic acids is 1. The molecule has 1 unspecified atom stereocenters. The molecule has 0 aliphatic heterocycles. The Morgan fingerprint density at radius 1 is 1.19 bits per heavy atom. The first kappa shape index (κ1) is 21.2. The lowest BCUT2D eigenvalue weighted by Gasteiger charge is -2.28. The van der Waals surface area contributed by atoms with Gasteiger partial charge in [0.05, 0.1) is 12.6 Å². The summed E-state index contributed by atoms with van der Waals surface area (Å²) in [5.74, 6) is 0.861. The van der Waals surface area contributed by atoms with E-state index >= 15 is 0 Å². The van der Waals surface area contributed by atoms with E-state index in [0.29, 0.717) is 17.0 Å². The Balaban J connectivity index is 1.86. The third-order valence-electron chi connectivity index (χ3n) is 6.10. The molecule has 4 rings (SSSR count). The topological polar surface area (TPSA) is 51.5 Å². The van der Waals surface area contributed by atoms with Crippen molar-refractivity contribution in [1.29, 1.82) is 0 Å². The molecule has 2 aromatic carbocycles. The van der Waals surface area contributed by atoms with Gasteiger partial charge in [-0.2, -0.15) is 0 Å². The molecule has 3 aromatic rings. The van der Waals surface area contributed by atoms with Crippen molar-refractivity contribution < 1.29 is 9.53 Å². The molecule has 5 nitrogen and oxygen atoms in total. The molecular formula is C26H30N2O3. The fourth-order valence-electron chi connectivity index (χ4n) is 4.22. The number of aromatic nitrogens is 1. The Morgan fingerprint density at radius 2 is 1.90 bits per heavy atom. The SMILES string of the molecule is CCCN(C(=O)C(C)n1cc(-c2ccc(OC)cc2)c(=O)c2ccc(C)cc21)C1CC1. The van der Waals surface area contributed by atoms with E-state index in [1.54, 1.807) is 7.11 Å². The van der Waals surface area contributed by atoms with Crippen molar-refractivity contribution in [2.45, 2.75) is 52.1 Å². The number of hydrogen-bond acceptors (Lipinski definition) is 3. The second kappa shape index (κ2) is 8.58. The van der Waals surface area contributed by atoms with Gasteiger partial charge in [-0.15, -0.1) is 0 Å². The molecule has 0 radical (unpaired) electrons. The molecule has 0 spiro atoms. The van der Waals surface area contributed by atoms with Crippen molar-refractivity contribution in [2.75, 3.05) is 13.7 Å². The molecular weight excluding hydrogens is 388 g/mol. The van der Waals surface area contributed by atoms with Crippen LogP contribution in [-0.4, -0.2) is 35.1 Å². The van der Waals surface area contributed by atoms with Gasteiger partial charge >= 0.3 is 0 Å². The summed E-state index contributed by atoms with van der Waals surface area (Å²) in [6.07, 6.45) is 4.96. The van der Waals surface area contributed by atoms with Crippen LogP contribution >= 0.6 is 0 Å².